The Bertz CT molecular complexity index is 655. The molecule has 0 amide bonds. The van der Waals surface area contributed by atoms with Gasteiger partial charge in [-0.1, -0.05) is 25.3 Å². The van der Waals surface area contributed by atoms with Crippen LogP contribution in [0.2, 0.25) is 0 Å². The molecule has 0 atom stereocenters. The number of rotatable bonds is 5. The molecular formula is C17H23N5O. The second-order valence-electron chi connectivity index (χ2n) is 5.97. The summed E-state index contributed by atoms with van der Waals surface area (Å²) in [6.07, 6.45) is 7.83. The van der Waals surface area contributed by atoms with Gasteiger partial charge < -0.3 is 15.4 Å². The number of nitrogens with zero attached hydrogens (tertiary/aromatic N) is 3. The van der Waals surface area contributed by atoms with Crippen molar-refractivity contribution in [2.24, 2.45) is 0 Å². The van der Waals surface area contributed by atoms with Crippen molar-refractivity contribution >= 4 is 17.5 Å². The van der Waals surface area contributed by atoms with Crippen LogP contribution in [0, 0.1) is 6.92 Å². The largest absolute Gasteiger partial charge is 0.495 e. The maximum absolute atomic E-state index is 5.38. The predicted octanol–water partition coefficient (Wildman–Crippen LogP) is 3.68. The molecule has 2 aromatic rings. The monoisotopic (exact) mass is 313 g/mol. The van der Waals surface area contributed by atoms with E-state index in [1.807, 2.05) is 25.1 Å². The van der Waals surface area contributed by atoms with Gasteiger partial charge in [0.05, 0.1) is 19.0 Å². The van der Waals surface area contributed by atoms with Crippen LogP contribution in [0.25, 0.3) is 0 Å². The van der Waals surface area contributed by atoms with Gasteiger partial charge in [0.1, 0.15) is 5.75 Å². The first-order valence-electron chi connectivity index (χ1n) is 8.12. The van der Waals surface area contributed by atoms with Gasteiger partial charge in [0, 0.05) is 6.04 Å². The Labute approximate surface area is 136 Å². The number of anilines is 3. The van der Waals surface area contributed by atoms with Gasteiger partial charge in [-0.3, -0.25) is 0 Å². The highest BCUT2D eigenvalue weighted by Gasteiger charge is 2.14. The van der Waals surface area contributed by atoms with Crippen molar-refractivity contribution in [2.75, 3.05) is 17.7 Å². The molecule has 6 nitrogen and oxygen atoms in total. The van der Waals surface area contributed by atoms with Gasteiger partial charge in [-0.2, -0.15) is 10.1 Å². The Morgan fingerprint density at radius 2 is 2.00 bits per heavy atom. The molecule has 0 unspecified atom stereocenters. The number of ether oxygens (including phenoxy) is 1. The van der Waals surface area contributed by atoms with Gasteiger partial charge in [0.25, 0.3) is 0 Å². The Hall–Kier alpha value is -2.37. The molecule has 0 aliphatic heterocycles. The van der Waals surface area contributed by atoms with Gasteiger partial charge in [-0.15, -0.1) is 5.10 Å². The number of methoxy groups -OCH3 is 1. The number of benzene rings is 1. The SMILES string of the molecule is COc1ccc(C)cc1Nc1cnnc(NC2CCCCC2)n1. The molecule has 1 aromatic heterocycles. The summed E-state index contributed by atoms with van der Waals surface area (Å²) >= 11 is 0. The van der Waals surface area contributed by atoms with Crippen LogP contribution in [0.5, 0.6) is 5.75 Å². The molecular weight excluding hydrogens is 290 g/mol. The molecule has 0 spiro atoms. The lowest BCUT2D eigenvalue weighted by Gasteiger charge is -2.22. The fourth-order valence-electron chi connectivity index (χ4n) is 2.91. The molecule has 2 N–H and O–H groups in total. The van der Waals surface area contributed by atoms with Crippen molar-refractivity contribution in [3.05, 3.63) is 30.0 Å². The van der Waals surface area contributed by atoms with Crippen LogP contribution in [0.3, 0.4) is 0 Å². The van der Waals surface area contributed by atoms with Crippen LogP contribution in [-0.4, -0.2) is 28.3 Å². The van der Waals surface area contributed by atoms with E-state index in [1.165, 1.54) is 32.1 Å². The van der Waals surface area contributed by atoms with Crippen LogP contribution in [0.1, 0.15) is 37.7 Å². The number of aryl methyl sites for hydroxylation is 1. The van der Waals surface area contributed by atoms with Crippen molar-refractivity contribution in [3.8, 4) is 5.75 Å². The molecule has 122 valence electrons. The summed E-state index contributed by atoms with van der Waals surface area (Å²) in [6, 6.07) is 6.43. The zero-order valence-electron chi connectivity index (χ0n) is 13.7. The third-order valence-corrected chi connectivity index (χ3v) is 4.11. The average Bonchev–Trinajstić information content (AvgIpc) is 2.56. The second kappa shape index (κ2) is 7.26. The smallest absolute Gasteiger partial charge is 0.244 e. The zero-order chi connectivity index (χ0) is 16.1. The molecule has 1 fully saturated rings. The Morgan fingerprint density at radius 1 is 1.17 bits per heavy atom. The maximum Gasteiger partial charge on any atom is 0.244 e. The van der Waals surface area contributed by atoms with Crippen molar-refractivity contribution in [1.82, 2.24) is 15.2 Å². The molecule has 1 aromatic carbocycles. The van der Waals surface area contributed by atoms with Crippen LogP contribution >= 0.6 is 0 Å². The summed E-state index contributed by atoms with van der Waals surface area (Å²) in [4.78, 5) is 4.52. The Balaban J connectivity index is 1.73. The summed E-state index contributed by atoms with van der Waals surface area (Å²) in [5, 5.41) is 14.8. The minimum absolute atomic E-state index is 0.453. The third-order valence-electron chi connectivity index (χ3n) is 4.11. The number of nitrogens with one attached hydrogen (secondary N) is 2. The van der Waals surface area contributed by atoms with E-state index >= 15 is 0 Å². The number of aromatic nitrogens is 3. The molecule has 1 aliphatic rings. The molecule has 0 bridgehead atoms. The summed E-state index contributed by atoms with van der Waals surface area (Å²) in [5.41, 5.74) is 2.02. The zero-order valence-corrected chi connectivity index (χ0v) is 13.7. The highest BCUT2D eigenvalue weighted by atomic mass is 16.5. The molecule has 0 radical (unpaired) electrons. The Kier molecular flexibility index (Phi) is 4.90. The van der Waals surface area contributed by atoms with E-state index in [0.29, 0.717) is 17.8 Å². The third kappa shape index (κ3) is 4.09. The summed E-state index contributed by atoms with van der Waals surface area (Å²) < 4.78 is 5.38. The molecule has 6 heteroatoms. The average molecular weight is 313 g/mol. The molecule has 1 heterocycles. The molecule has 23 heavy (non-hydrogen) atoms. The number of hydrogen-bond donors (Lipinski definition) is 2. The fourth-order valence-corrected chi connectivity index (χ4v) is 2.91. The van der Waals surface area contributed by atoms with Crippen molar-refractivity contribution in [1.29, 1.82) is 0 Å². The normalized spacial score (nSPS) is 15.2. The first-order valence-corrected chi connectivity index (χ1v) is 8.12. The minimum Gasteiger partial charge on any atom is -0.495 e. The highest BCUT2D eigenvalue weighted by molar-refractivity contribution is 5.65. The van der Waals surface area contributed by atoms with Crippen molar-refractivity contribution in [2.45, 2.75) is 45.1 Å². The Morgan fingerprint density at radius 3 is 2.78 bits per heavy atom. The van der Waals surface area contributed by atoms with Gasteiger partial charge in [0.2, 0.25) is 5.95 Å². The van der Waals surface area contributed by atoms with E-state index in [-0.39, 0.29) is 0 Å². The lowest BCUT2D eigenvalue weighted by atomic mass is 9.96. The highest BCUT2D eigenvalue weighted by Crippen LogP contribution is 2.28. The van der Waals surface area contributed by atoms with E-state index in [0.717, 1.165) is 17.0 Å². The minimum atomic E-state index is 0.453. The van der Waals surface area contributed by atoms with E-state index in [2.05, 4.69) is 25.8 Å². The first kappa shape index (κ1) is 15.5. The summed E-state index contributed by atoms with van der Waals surface area (Å²) in [6.45, 7) is 2.04. The van der Waals surface area contributed by atoms with Crippen LogP contribution in [0.4, 0.5) is 17.5 Å². The molecule has 1 saturated carbocycles. The van der Waals surface area contributed by atoms with Gasteiger partial charge in [0.15, 0.2) is 5.82 Å². The first-order chi connectivity index (χ1) is 11.2. The van der Waals surface area contributed by atoms with E-state index in [4.69, 9.17) is 4.74 Å². The summed E-state index contributed by atoms with van der Waals surface area (Å²) in [7, 11) is 1.66. The van der Waals surface area contributed by atoms with E-state index < -0.39 is 0 Å². The number of hydrogen-bond acceptors (Lipinski definition) is 6. The van der Waals surface area contributed by atoms with Crippen LogP contribution in [0.15, 0.2) is 24.4 Å². The lowest BCUT2D eigenvalue weighted by molar-refractivity contribution is 0.416. The van der Waals surface area contributed by atoms with Crippen LogP contribution < -0.4 is 15.4 Å². The maximum atomic E-state index is 5.38. The molecule has 3 rings (SSSR count). The lowest BCUT2D eigenvalue weighted by Crippen LogP contribution is -2.23. The molecule has 0 saturated heterocycles. The topological polar surface area (TPSA) is 72.0 Å². The fraction of sp³-hybridized carbons (Fsp3) is 0.471. The van der Waals surface area contributed by atoms with Gasteiger partial charge in [-0.05, 0) is 37.5 Å². The quantitative estimate of drug-likeness (QED) is 0.877. The second-order valence-corrected chi connectivity index (χ2v) is 5.97. The van der Waals surface area contributed by atoms with Gasteiger partial charge >= 0.3 is 0 Å². The molecule has 1 aliphatic carbocycles. The summed E-state index contributed by atoms with van der Waals surface area (Å²) in [5.74, 6) is 2.01. The van der Waals surface area contributed by atoms with Crippen LogP contribution in [-0.2, 0) is 0 Å². The van der Waals surface area contributed by atoms with Crippen molar-refractivity contribution in [3.63, 3.8) is 0 Å². The van der Waals surface area contributed by atoms with Gasteiger partial charge in [-0.25, -0.2) is 0 Å². The van der Waals surface area contributed by atoms with E-state index in [9.17, 15) is 0 Å². The van der Waals surface area contributed by atoms with E-state index in [1.54, 1.807) is 13.3 Å². The van der Waals surface area contributed by atoms with Crippen molar-refractivity contribution < 1.29 is 4.74 Å². The predicted molar refractivity (Wildman–Crippen MR) is 91.3 cm³/mol. The standard InChI is InChI=1S/C17H23N5O/c1-12-8-9-15(23-2)14(10-12)20-16-11-18-22-17(21-16)19-13-6-4-3-5-7-13/h8-11,13H,3-7H2,1-2H3,(H2,19,20,21,22).